The highest BCUT2D eigenvalue weighted by Gasteiger charge is 2.31. The van der Waals surface area contributed by atoms with E-state index in [-0.39, 0.29) is 5.75 Å². The van der Waals surface area contributed by atoms with E-state index in [2.05, 4.69) is 19.8 Å². The zero-order valence-electron chi connectivity index (χ0n) is 18.2. The summed E-state index contributed by atoms with van der Waals surface area (Å²) in [5.74, 6) is 1.12. The van der Waals surface area contributed by atoms with Crippen LogP contribution in [-0.4, -0.2) is 53.1 Å². The van der Waals surface area contributed by atoms with E-state index in [0.29, 0.717) is 29.2 Å². The van der Waals surface area contributed by atoms with Gasteiger partial charge < -0.3 is 14.4 Å². The average Bonchev–Trinajstić information content (AvgIpc) is 3.19. The van der Waals surface area contributed by atoms with E-state index < -0.39 is 6.36 Å². The van der Waals surface area contributed by atoms with Gasteiger partial charge in [0.15, 0.2) is 11.5 Å². The molecule has 6 nitrogen and oxygen atoms in total. The van der Waals surface area contributed by atoms with Crippen molar-refractivity contribution in [1.82, 2.24) is 19.5 Å². The van der Waals surface area contributed by atoms with Crippen molar-refractivity contribution in [1.29, 1.82) is 0 Å². The third-order valence-corrected chi connectivity index (χ3v) is 4.93. The molecular weight excluding hydrogens is 433 g/mol. The molecule has 0 saturated heterocycles. The number of benzene rings is 2. The first kappa shape index (κ1) is 22.6. The molecule has 2 aromatic heterocycles. The van der Waals surface area contributed by atoms with Gasteiger partial charge in [-0.3, -0.25) is 4.40 Å². The zero-order valence-corrected chi connectivity index (χ0v) is 18.2. The number of hydrogen-bond acceptors (Lipinski definition) is 5. The lowest BCUT2D eigenvalue weighted by Gasteiger charge is -2.11. The highest BCUT2D eigenvalue weighted by atomic mass is 19.4. The average molecular weight is 456 g/mol. The van der Waals surface area contributed by atoms with Crippen LogP contribution >= 0.6 is 0 Å². The monoisotopic (exact) mass is 456 g/mol. The maximum atomic E-state index is 12.6. The van der Waals surface area contributed by atoms with E-state index in [9.17, 15) is 13.2 Å². The quantitative estimate of drug-likeness (QED) is 0.337. The first-order valence-corrected chi connectivity index (χ1v) is 10.4. The Kier molecular flexibility index (Phi) is 6.50. The smallest absolute Gasteiger partial charge is 0.494 e. The summed E-state index contributed by atoms with van der Waals surface area (Å²) in [6.07, 6.45) is -2.02. The third-order valence-electron chi connectivity index (χ3n) is 4.93. The van der Waals surface area contributed by atoms with Crippen molar-refractivity contribution < 1.29 is 22.6 Å². The molecule has 4 rings (SSSR count). The number of aromatic nitrogens is 3. The summed E-state index contributed by atoms with van der Waals surface area (Å²) >= 11 is 0. The van der Waals surface area contributed by atoms with Crippen molar-refractivity contribution >= 4 is 5.65 Å². The molecule has 0 aliphatic heterocycles. The molecule has 0 radical (unpaired) electrons. The van der Waals surface area contributed by atoms with Gasteiger partial charge in [0, 0.05) is 18.3 Å². The maximum Gasteiger partial charge on any atom is 0.573 e. The molecule has 172 valence electrons. The van der Waals surface area contributed by atoms with Crippen LogP contribution in [0.15, 0.2) is 66.9 Å². The van der Waals surface area contributed by atoms with Crippen molar-refractivity contribution in [3.63, 3.8) is 0 Å². The van der Waals surface area contributed by atoms with Gasteiger partial charge in [-0.2, -0.15) is 0 Å². The lowest BCUT2D eigenvalue weighted by molar-refractivity contribution is -0.274. The highest BCUT2D eigenvalue weighted by Crippen LogP contribution is 2.29. The van der Waals surface area contributed by atoms with E-state index in [1.807, 2.05) is 38.4 Å². The van der Waals surface area contributed by atoms with Gasteiger partial charge in [0.2, 0.25) is 0 Å². The lowest BCUT2D eigenvalue weighted by Crippen LogP contribution is -2.17. The Balaban J connectivity index is 1.56. The van der Waals surface area contributed by atoms with Crippen LogP contribution in [0.2, 0.25) is 0 Å². The van der Waals surface area contributed by atoms with E-state index in [4.69, 9.17) is 4.74 Å². The Morgan fingerprint density at radius 3 is 2.36 bits per heavy atom. The molecule has 9 heteroatoms. The van der Waals surface area contributed by atoms with Gasteiger partial charge in [-0.1, -0.05) is 12.1 Å². The second-order valence-electron chi connectivity index (χ2n) is 7.77. The van der Waals surface area contributed by atoms with E-state index in [1.165, 1.54) is 18.2 Å². The van der Waals surface area contributed by atoms with Crippen LogP contribution in [0, 0.1) is 0 Å². The molecule has 4 aromatic rings. The van der Waals surface area contributed by atoms with Crippen LogP contribution < -0.4 is 9.47 Å². The number of fused-ring (bicyclic) bond motifs is 1. The zero-order chi connectivity index (χ0) is 23.4. The first-order valence-electron chi connectivity index (χ1n) is 10.4. The molecule has 33 heavy (non-hydrogen) atoms. The van der Waals surface area contributed by atoms with Crippen LogP contribution in [0.3, 0.4) is 0 Å². The molecule has 0 aliphatic rings. The fourth-order valence-electron chi connectivity index (χ4n) is 3.40. The fraction of sp³-hybridized carbons (Fsp3) is 0.250. The van der Waals surface area contributed by atoms with E-state index in [0.717, 1.165) is 24.3 Å². The van der Waals surface area contributed by atoms with Gasteiger partial charge in [0.05, 0.1) is 6.61 Å². The van der Waals surface area contributed by atoms with Crippen molar-refractivity contribution in [3.8, 4) is 34.0 Å². The predicted molar refractivity (Wildman–Crippen MR) is 119 cm³/mol. The fourth-order valence-corrected chi connectivity index (χ4v) is 3.40. The van der Waals surface area contributed by atoms with Gasteiger partial charge in [0.1, 0.15) is 11.5 Å². The Morgan fingerprint density at radius 1 is 0.879 bits per heavy atom. The van der Waals surface area contributed by atoms with Gasteiger partial charge in [-0.05, 0) is 80.2 Å². The SMILES string of the molecule is CN(C)CCCOc1ccc(-c2nnc3ccc(-c4cccc(OC(F)(F)F)c4)cn23)cc1. The number of pyridine rings is 1. The number of ether oxygens (including phenoxy) is 2. The summed E-state index contributed by atoms with van der Waals surface area (Å²) < 4.78 is 49.4. The van der Waals surface area contributed by atoms with E-state index >= 15 is 0 Å². The third kappa shape index (κ3) is 5.81. The minimum absolute atomic E-state index is 0.273. The van der Waals surface area contributed by atoms with Crippen LogP contribution in [0.5, 0.6) is 11.5 Å². The molecule has 0 bridgehead atoms. The van der Waals surface area contributed by atoms with Gasteiger partial charge in [0.25, 0.3) is 0 Å². The molecule has 0 unspecified atom stereocenters. The van der Waals surface area contributed by atoms with Gasteiger partial charge >= 0.3 is 6.36 Å². The number of nitrogens with zero attached hydrogens (tertiary/aromatic N) is 4. The van der Waals surface area contributed by atoms with Crippen LogP contribution in [0.4, 0.5) is 13.2 Å². The summed E-state index contributed by atoms with van der Waals surface area (Å²) in [4.78, 5) is 2.11. The number of alkyl halides is 3. The minimum atomic E-state index is -4.74. The predicted octanol–water partition coefficient (Wildman–Crippen LogP) is 5.29. The summed E-state index contributed by atoms with van der Waals surface area (Å²) in [5, 5.41) is 8.48. The minimum Gasteiger partial charge on any atom is -0.494 e. The molecule has 0 aliphatic carbocycles. The van der Waals surface area contributed by atoms with Gasteiger partial charge in [-0.15, -0.1) is 23.4 Å². The molecule has 0 fully saturated rings. The summed E-state index contributed by atoms with van der Waals surface area (Å²) in [6.45, 7) is 1.59. The standard InChI is InChI=1S/C24H23F3N4O2/c1-30(2)13-4-14-32-20-10-7-17(8-11-20)23-29-28-22-12-9-19(16-31(22)23)18-5-3-6-21(15-18)33-24(25,26)27/h3,5-12,15-16H,4,13-14H2,1-2H3. The van der Waals surface area contributed by atoms with Crippen LogP contribution in [0.1, 0.15) is 6.42 Å². The Labute approximate surface area is 189 Å². The lowest BCUT2D eigenvalue weighted by atomic mass is 10.1. The molecule has 0 amide bonds. The summed E-state index contributed by atoms with van der Waals surface area (Å²) in [6, 6.07) is 17.0. The summed E-state index contributed by atoms with van der Waals surface area (Å²) in [5.41, 5.74) is 2.76. The molecule has 2 aromatic carbocycles. The van der Waals surface area contributed by atoms with Crippen molar-refractivity contribution in [2.75, 3.05) is 27.2 Å². The molecular formula is C24H23F3N4O2. The Hall–Kier alpha value is -3.59. The Bertz CT molecular complexity index is 1220. The van der Waals surface area contributed by atoms with Crippen molar-refractivity contribution in [3.05, 3.63) is 66.9 Å². The molecule has 0 atom stereocenters. The second-order valence-corrected chi connectivity index (χ2v) is 7.77. The maximum absolute atomic E-state index is 12.6. The topological polar surface area (TPSA) is 51.9 Å². The molecule has 0 saturated carbocycles. The Morgan fingerprint density at radius 2 is 1.64 bits per heavy atom. The number of halogens is 3. The number of hydrogen-bond donors (Lipinski definition) is 0. The van der Waals surface area contributed by atoms with Crippen LogP contribution in [-0.2, 0) is 0 Å². The molecule has 0 N–H and O–H groups in total. The molecule has 0 spiro atoms. The second kappa shape index (κ2) is 9.50. The summed E-state index contributed by atoms with van der Waals surface area (Å²) in [7, 11) is 4.05. The normalized spacial score (nSPS) is 11.8. The molecule has 2 heterocycles. The van der Waals surface area contributed by atoms with Gasteiger partial charge in [-0.25, -0.2) is 0 Å². The van der Waals surface area contributed by atoms with Crippen molar-refractivity contribution in [2.24, 2.45) is 0 Å². The van der Waals surface area contributed by atoms with Crippen LogP contribution in [0.25, 0.3) is 28.2 Å². The van der Waals surface area contributed by atoms with E-state index in [1.54, 1.807) is 28.8 Å². The largest absolute Gasteiger partial charge is 0.573 e. The van der Waals surface area contributed by atoms with Crippen molar-refractivity contribution in [2.45, 2.75) is 12.8 Å². The first-order chi connectivity index (χ1) is 15.8. The number of rotatable bonds is 8. The highest BCUT2D eigenvalue weighted by molar-refractivity contribution is 5.68.